The zero-order valence-corrected chi connectivity index (χ0v) is 14.1. The number of hydrogen-bond acceptors (Lipinski definition) is 7. The number of fused-ring (bicyclic) bond motifs is 1. The number of rotatable bonds is 3. The molecule has 0 unspecified atom stereocenters. The van der Waals surface area contributed by atoms with Crippen molar-refractivity contribution in [1.82, 2.24) is 34.3 Å². The van der Waals surface area contributed by atoms with Crippen molar-refractivity contribution in [1.29, 1.82) is 0 Å². The number of carbonyl (C=O) groups is 2. The van der Waals surface area contributed by atoms with Crippen molar-refractivity contribution in [3.8, 4) is 0 Å². The van der Waals surface area contributed by atoms with E-state index in [9.17, 15) is 14.4 Å². The molecule has 3 rings (SSSR count). The first-order valence-electron chi connectivity index (χ1n) is 7.95. The van der Waals surface area contributed by atoms with E-state index in [1.165, 1.54) is 15.6 Å². The minimum atomic E-state index is -0.406. The Morgan fingerprint density at radius 3 is 2.56 bits per heavy atom. The van der Waals surface area contributed by atoms with E-state index >= 15 is 0 Å². The smallest absolute Gasteiger partial charge is 0.409 e. The van der Waals surface area contributed by atoms with Crippen LogP contribution in [0.25, 0.3) is 11.2 Å². The zero-order valence-electron chi connectivity index (χ0n) is 14.1. The van der Waals surface area contributed by atoms with Crippen molar-refractivity contribution < 1.29 is 14.3 Å². The van der Waals surface area contributed by atoms with E-state index in [-0.39, 0.29) is 24.1 Å². The van der Waals surface area contributed by atoms with E-state index in [1.807, 2.05) is 0 Å². The van der Waals surface area contributed by atoms with Crippen molar-refractivity contribution in [3.05, 3.63) is 16.7 Å². The summed E-state index contributed by atoms with van der Waals surface area (Å²) in [4.78, 5) is 43.7. The second-order valence-electron chi connectivity index (χ2n) is 5.63. The third-order valence-electron chi connectivity index (χ3n) is 4.04. The fourth-order valence-corrected chi connectivity index (χ4v) is 2.66. The maximum atomic E-state index is 12.4. The van der Waals surface area contributed by atoms with Gasteiger partial charge in [-0.1, -0.05) is 5.21 Å². The Hall–Kier alpha value is -2.98. The maximum Gasteiger partial charge on any atom is 0.409 e. The molecule has 2 amide bonds. The van der Waals surface area contributed by atoms with Crippen molar-refractivity contribution in [2.75, 3.05) is 32.8 Å². The van der Waals surface area contributed by atoms with Gasteiger partial charge < -0.3 is 14.5 Å². The molecule has 0 saturated carbocycles. The van der Waals surface area contributed by atoms with Gasteiger partial charge in [0.2, 0.25) is 5.91 Å². The van der Waals surface area contributed by atoms with Gasteiger partial charge in [-0.2, -0.15) is 0 Å². The van der Waals surface area contributed by atoms with Crippen LogP contribution in [0.3, 0.4) is 0 Å². The fourth-order valence-electron chi connectivity index (χ4n) is 2.66. The number of nitrogens with zero attached hydrogens (tertiary/aromatic N) is 7. The Morgan fingerprint density at radius 2 is 1.88 bits per heavy atom. The zero-order chi connectivity index (χ0) is 18.0. The van der Waals surface area contributed by atoms with Crippen molar-refractivity contribution in [2.45, 2.75) is 13.5 Å². The van der Waals surface area contributed by atoms with Gasteiger partial charge in [0.15, 0.2) is 11.2 Å². The van der Waals surface area contributed by atoms with Gasteiger partial charge in [0, 0.05) is 33.2 Å². The first kappa shape index (κ1) is 16.9. The number of piperazine rings is 1. The standard InChI is InChI=1S/C14H19N7O4/c1-3-25-14(24)20-6-4-19(5-7-20)10(22)8-21-9-15-12-11(13(21)23)16-17-18(12)2/h9H,3-8H2,1-2H3. The molecule has 0 bridgehead atoms. The van der Waals surface area contributed by atoms with Crippen molar-refractivity contribution in [2.24, 2.45) is 7.05 Å². The van der Waals surface area contributed by atoms with Gasteiger partial charge in [-0.15, -0.1) is 5.10 Å². The summed E-state index contributed by atoms with van der Waals surface area (Å²) in [7, 11) is 1.64. The molecule has 3 heterocycles. The SMILES string of the molecule is CCOC(=O)N1CCN(C(=O)Cn2cnc3c(nnn3C)c2=O)CC1. The van der Waals surface area contributed by atoms with E-state index in [0.29, 0.717) is 38.4 Å². The van der Waals surface area contributed by atoms with Crippen LogP contribution in [0.2, 0.25) is 0 Å². The van der Waals surface area contributed by atoms with Gasteiger partial charge in [0.25, 0.3) is 5.56 Å². The second-order valence-corrected chi connectivity index (χ2v) is 5.63. The molecule has 1 saturated heterocycles. The lowest BCUT2D eigenvalue weighted by Gasteiger charge is -2.34. The predicted octanol–water partition coefficient (Wildman–Crippen LogP) is -1.17. The summed E-state index contributed by atoms with van der Waals surface area (Å²) in [6.45, 7) is 3.54. The van der Waals surface area contributed by atoms with E-state index in [2.05, 4.69) is 15.3 Å². The summed E-state index contributed by atoms with van der Waals surface area (Å²) in [5.74, 6) is -0.212. The Kier molecular flexibility index (Phi) is 4.63. The van der Waals surface area contributed by atoms with E-state index in [1.54, 1.807) is 23.8 Å². The van der Waals surface area contributed by atoms with E-state index in [0.717, 1.165) is 0 Å². The molecule has 1 aliphatic rings. The normalized spacial score (nSPS) is 14.8. The molecule has 0 aliphatic carbocycles. The molecule has 0 spiro atoms. The van der Waals surface area contributed by atoms with Gasteiger partial charge in [-0.05, 0) is 6.92 Å². The molecule has 2 aromatic heterocycles. The lowest BCUT2D eigenvalue weighted by molar-refractivity contribution is -0.133. The first-order valence-corrected chi connectivity index (χ1v) is 7.95. The summed E-state index contributed by atoms with van der Waals surface area (Å²) in [5.41, 5.74) is 0.0956. The highest BCUT2D eigenvalue weighted by Crippen LogP contribution is 2.06. The largest absolute Gasteiger partial charge is 0.450 e. The van der Waals surface area contributed by atoms with Gasteiger partial charge in [-0.3, -0.25) is 14.2 Å². The van der Waals surface area contributed by atoms with Crippen molar-refractivity contribution in [3.63, 3.8) is 0 Å². The van der Waals surface area contributed by atoms with Gasteiger partial charge >= 0.3 is 6.09 Å². The minimum absolute atomic E-state index is 0.127. The molecule has 2 aromatic rings. The van der Waals surface area contributed by atoms with Crippen LogP contribution in [-0.4, -0.2) is 79.1 Å². The number of amides is 2. The molecular weight excluding hydrogens is 330 g/mol. The number of hydrogen-bond donors (Lipinski definition) is 0. The summed E-state index contributed by atoms with van der Waals surface area (Å²) in [6.07, 6.45) is 0.948. The van der Waals surface area contributed by atoms with Gasteiger partial charge in [0.05, 0.1) is 6.61 Å². The van der Waals surface area contributed by atoms with Crippen LogP contribution in [0.1, 0.15) is 6.92 Å². The molecule has 134 valence electrons. The summed E-state index contributed by atoms with van der Waals surface area (Å²) in [6, 6.07) is 0. The maximum absolute atomic E-state index is 12.4. The highest BCUT2D eigenvalue weighted by molar-refractivity contribution is 5.77. The van der Waals surface area contributed by atoms with Crippen LogP contribution in [0.4, 0.5) is 4.79 Å². The Balaban J connectivity index is 1.65. The minimum Gasteiger partial charge on any atom is -0.450 e. The number of aryl methyl sites for hydroxylation is 1. The Morgan fingerprint density at radius 1 is 1.20 bits per heavy atom. The molecule has 0 N–H and O–H groups in total. The molecule has 1 aliphatic heterocycles. The van der Waals surface area contributed by atoms with Crippen LogP contribution < -0.4 is 5.56 Å². The third-order valence-corrected chi connectivity index (χ3v) is 4.04. The highest BCUT2D eigenvalue weighted by Gasteiger charge is 2.25. The molecule has 11 heteroatoms. The summed E-state index contributed by atoms with van der Waals surface area (Å²) >= 11 is 0. The van der Waals surface area contributed by atoms with Crippen LogP contribution in [0, 0.1) is 0 Å². The van der Waals surface area contributed by atoms with E-state index < -0.39 is 5.56 Å². The molecule has 0 radical (unpaired) electrons. The quantitative estimate of drug-likeness (QED) is 0.685. The summed E-state index contributed by atoms with van der Waals surface area (Å²) < 4.78 is 7.57. The van der Waals surface area contributed by atoms with Crippen LogP contribution in [0.15, 0.2) is 11.1 Å². The van der Waals surface area contributed by atoms with Gasteiger partial charge in [-0.25, -0.2) is 14.5 Å². The summed E-state index contributed by atoms with van der Waals surface area (Å²) in [5, 5.41) is 7.53. The second kappa shape index (κ2) is 6.87. The average Bonchev–Trinajstić information content (AvgIpc) is 2.99. The Bertz CT molecular complexity index is 850. The highest BCUT2D eigenvalue weighted by atomic mass is 16.6. The molecule has 1 fully saturated rings. The van der Waals surface area contributed by atoms with Crippen molar-refractivity contribution >= 4 is 23.2 Å². The van der Waals surface area contributed by atoms with Crippen LogP contribution >= 0.6 is 0 Å². The van der Waals surface area contributed by atoms with Gasteiger partial charge in [0.1, 0.15) is 12.9 Å². The number of carbonyl (C=O) groups excluding carboxylic acids is 2. The lowest BCUT2D eigenvalue weighted by Crippen LogP contribution is -2.51. The molecule has 0 aromatic carbocycles. The first-order chi connectivity index (χ1) is 12.0. The number of aromatic nitrogens is 5. The molecule has 0 atom stereocenters. The number of ether oxygens (including phenoxy) is 1. The molecule has 11 nitrogen and oxygen atoms in total. The predicted molar refractivity (Wildman–Crippen MR) is 85.7 cm³/mol. The van der Waals surface area contributed by atoms with Crippen LogP contribution in [-0.2, 0) is 23.1 Å². The Labute approximate surface area is 142 Å². The average molecular weight is 349 g/mol. The van der Waals surface area contributed by atoms with Crippen LogP contribution in [0.5, 0.6) is 0 Å². The third kappa shape index (κ3) is 3.30. The lowest BCUT2D eigenvalue weighted by atomic mass is 10.3. The monoisotopic (exact) mass is 349 g/mol. The fraction of sp³-hybridized carbons (Fsp3) is 0.571. The van der Waals surface area contributed by atoms with E-state index in [4.69, 9.17) is 4.74 Å². The molecule has 25 heavy (non-hydrogen) atoms. The molecular formula is C14H19N7O4. The topological polar surface area (TPSA) is 115 Å².